The Morgan fingerprint density at radius 3 is 3.11 bits per heavy atom. The predicted octanol–water partition coefficient (Wildman–Crippen LogP) is 4.21. The molecule has 0 saturated heterocycles. The lowest BCUT2D eigenvalue weighted by Crippen LogP contribution is -2.08. The average molecular weight is 396 g/mol. The molecule has 27 heavy (non-hydrogen) atoms. The minimum atomic E-state index is -0.213. The number of nitrogens with zero attached hydrogens (tertiary/aromatic N) is 2. The molecule has 2 aromatic heterocycles. The van der Waals surface area contributed by atoms with Gasteiger partial charge in [0.05, 0.1) is 11.7 Å². The number of hydrogen-bond acceptors (Lipinski definition) is 6. The molecule has 1 atom stereocenters. The zero-order valence-corrected chi connectivity index (χ0v) is 16.4. The van der Waals surface area contributed by atoms with Crippen LogP contribution in [0.1, 0.15) is 45.6 Å². The van der Waals surface area contributed by atoms with Crippen LogP contribution in [0.3, 0.4) is 0 Å². The second-order valence-electron chi connectivity index (χ2n) is 6.94. The molecule has 5 nitrogen and oxygen atoms in total. The van der Waals surface area contributed by atoms with Crippen molar-refractivity contribution in [2.75, 3.05) is 11.1 Å². The Hall–Kier alpha value is -2.25. The first kappa shape index (κ1) is 16.9. The van der Waals surface area contributed by atoms with E-state index in [4.69, 9.17) is 0 Å². The van der Waals surface area contributed by atoms with Crippen molar-refractivity contribution in [3.05, 3.63) is 46.1 Å². The number of nitrogens with one attached hydrogen (secondary N) is 1. The molecule has 0 fully saturated rings. The van der Waals surface area contributed by atoms with E-state index < -0.39 is 0 Å². The molecule has 0 spiro atoms. The molecular weight excluding hydrogens is 378 g/mol. The van der Waals surface area contributed by atoms with Gasteiger partial charge in [-0.25, -0.2) is 9.97 Å². The molecule has 5 rings (SSSR count). The minimum absolute atomic E-state index is 0.0151. The summed E-state index contributed by atoms with van der Waals surface area (Å²) < 4.78 is 0. The smallest absolute Gasteiger partial charge is 0.231 e. The molecule has 7 heteroatoms. The number of thiophene rings is 1. The molecule has 1 aromatic carbocycles. The van der Waals surface area contributed by atoms with E-state index in [-0.39, 0.29) is 17.6 Å². The Morgan fingerprint density at radius 2 is 2.22 bits per heavy atom. The van der Waals surface area contributed by atoms with E-state index in [0.29, 0.717) is 11.3 Å². The molecule has 1 aliphatic heterocycles. The van der Waals surface area contributed by atoms with E-state index >= 15 is 0 Å². The van der Waals surface area contributed by atoms with Crippen LogP contribution < -0.4 is 5.32 Å². The van der Waals surface area contributed by atoms with Crippen molar-refractivity contribution in [1.82, 2.24) is 9.97 Å². The molecule has 0 unspecified atom stereocenters. The van der Waals surface area contributed by atoms with Gasteiger partial charge in [-0.2, -0.15) is 0 Å². The number of amides is 1. The first-order chi connectivity index (χ1) is 13.1. The Labute approximate surface area is 164 Å². The van der Waals surface area contributed by atoms with E-state index in [1.165, 1.54) is 28.6 Å². The number of carbonyl (C=O) groups is 2. The molecule has 1 aliphatic carbocycles. The second-order valence-corrected chi connectivity index (χ2v) is 8.99. The fourth-order valence-electron chi connectivity index (χ4n) is 3.82. The van der Waals surface area contributed by atoms with E-state index in [9.17, 15) is 9.59 Å². The minimum Gasteiger partial charge on any atom is -0.325 e. The fraction of sp³-hybridized carbons (Fsp3) is 0.300. The largest absolute Gasteiger partial charge is 0.325 e. The van der Waals surface area contributed by atoms with E-state index in [2.05, 4.69) is 15.3 Å². The van der Waals surface area contributed by atoms with Crippen molar-refractivity contribution in [1.29, 1.82) is 0 Å². The second kappa shape index (κ2) is 6.42. The van der Waals surface area contributed by atoms with Crippen molar-refractivity contribution in [3.8, 4) is 0 Å². The normalized spacial score (nSPS) is 17.8. The highest BCUT2D eigenvalue weighted by atomic mass is 32.2. The number of carbonyl (C=O) groups excluding carboxylic acids is 2. The van der Waals surface area contributed by atoms with Crippen LogP contribution in [0.15, 0.2) is 29.6 Å². The third kappa shape index (κ3) is 2.76. The first-order valence-corrected chi connectivity index (χ1v) is 10.8. The number of Topliss-reactive ketones (excluding diaryl/α,β-unsaturated/α-hetero) is 1. The molecule has 0 saturated carbocycles. The lowest BCUT2D eigenvalue weighted by molar-refractivity contribution is -0.116. The van der Waals surface area contributed by atoms with Crippen LogP contribution in [0.4, 0.5) is 5.69 Å². The Kier molecular flexibility index (Phi) is 4.02. The number of aromatic nitrogens is 2. The van der Waals surface area contributed by atoms with Gasteiger partial charge < -0.3 is 5.32 Å². The van der Waals surface area contributed by atoms with Crippen LogP contribution >= 0.6 is 23.1 Å². The van der Waals surface area contributed by atoms with Gasteiger partial charge in [0.1, 0.15) is 16.2 Å². The van der Waals surface area contributed by atoms with E-state index in [1.54, 1.807) is 23.7 Å². The summed E-state index contributed by atoms with van der Waals surface area (Å²) in [6.07, 6.45) is 4.98. The summed E-state index contributed by atoms with van der Waals surface area (Å²) in [7, 11) is 0. The van der Waals surface area contributed by atoms with Gasteiger partial charge in [-0.15, -0.1) is 11.3 Å². The number of benzene rings is 1. The summed E-state index contributed by atoms with van der Waals surface area (Å²) in [5, 5.41) is 4.89. The van der Waals surface area contributed by atoms with Crippen molar-refractivity contribution in [2.24, 2.45) is 0 Å². The van der Waals surface area contributed by atoms with Crippen LogP contribution in [0.5, 0.6) is 0 Å². The maximum Gasteiger partial charge on any atom is 0.231 e. The fourth-order valence-corrected chi connectivity index (χ4v) is 6.03. The summed E-state index contributed by atoms with van der Waals surface area (Å²) in [5.41, 5.74) is 3.73. The predicted molar refractivity (Wildman–Crippen MR) is 108 cm³/mol. The van der Waals surface area contributed by atoms with Crippen molar-refractivity contribution >= 4 is 50.7 Å². The highest BCUT2D eigenvalue weighted by Crippen LogP contribution is 2.40. The number of fused-ring (bicyclic) bond motifs is 4. The van der Waals surface area contributed by atoms with Crippen molar-refractivity contribution < 1.29 is 9.59 Å². The van der Waals surface area contributed by atoms with Gasteiger partial charge in [-0.3, -0.25) is 9.59 Å². The lowest BCUT2D eigenvalue weighted by Gasteiger charge is -2.06. The Morgan fingerprint density at radius 1 is 1.33 bits per heavy atom. The van der Waals surface area contributed by atoms with Crippen molar-refractivity contribution in [3.63, 3.8) is 0 Å². The molecule has 1 N–H and O–H groups in total. The van der Waals surface area contributed by atoms with Gasteiger partial charge >= 0.3 is 0 Å². The lowest BCUT2D eigenvalue weighted by atomic mass is 9.99. The summed E-state index contributed by atoms with van der Waals surface area (Å²) in [4.78, 5) is 35.9. The van der Waals surface area contributed by atoms with Crippen LogP contribution in [0, 0.1) is 0 Å². The summed E-state index contributed by atoms with van der Waals surface area (Å²) >= 11 is 3.24. The van der Waals surface area contributed by atoms with Gasteiger partial charge in [-0.05, 0) is 55.5 Å². The Balaban J connectivity index is 1.39. The zero-order chi connectivity index (χ0) is 18.5. The molecular formula is C20H17N3O2S2. The number of rotatable bonds is 4. The molecule has 0 bridgehead atoms. The highest BCUT2D eigenvalue weighted by molar-refractivity contribution is 8.00. The molecule has 136 valence electrons. The molecule has 3 heterocycles. The third-order valence-corrected chi connectivity index (χ3v) is 7.49. The molecule has 0 radical (unpaired) electrons. The number of anilines is 1. The molecule has 1 amide bonds. The van der Waals surface area contributed by atoms with Gasteiger partial charge in [0, 0.05) is 21.5 Å². The average Bonchev–Trinajstić information content (AvgIpc) is 3.33. The maximum absolute atomic E-state index is 12.7. The van der Waals surface area contributed by atoms with Crippen LogP contribution in [-0.4, -0.2) is 27.4 Å². The number of thioether (sulfide) groups is 1. The Bertz CT molecular complexity index is 1110. The standard InChI is InChI=1S/C20H17N3O2S2/c1-10-13-7-11(5-6-14(13)23-18(10)25)15(24)8-26-19-17-12-3-2-4-16(12)27-20(17)22-9-21-19/h5-7,9-10H,2-4,8H2,1H3,(H,23,25)/t10-/m0/s1. The molecule has 2 aliphatic rings. The van der Waals surface area contributed by atoms with Crippen LogP contribution in [0.2, 0.25) is 0 Å². The number of aryl methyl sites for hydroxylation is 2. The van der Waals surface area contributed by atoms with Gasteiger partial charge in [0.15, 0.2) is 5.78 Å². The van der Waals surface area contributed by atoms with Crippen LogP contribution in [0.25, 0.3) is 10.2 Å². The SMILES string of the molecule is C[C@@H]1C(=O)Nc2ccc(C(=O)CSc3ncnc4sc5c(c34)CCC5)cc21. The highest BCUT2D eigenvalue weighted by Gasteiger charge is 2.27. The number of ketones is 1. The van der Waals surface area contributed by atoms with Gasteiger partial charge in [-0.1, -0.05) is 11.8 Å². The number of hydrogen-bond donors (Lipinski definition) is 1. The van der Waals surface area contributed by atoms with Crippen molar-refractivity contribution in [2.45, 2.75) is 37.1 Å². The van der Waals surface area contributed by atoms with Gasteiger partial charge in [0.25, 0.3) is 0 Å². The maximum atomic E-state index is 12.7. The summed E-state index contributed by atoms with van der Waals surface area (Å²) in [5.74, 6) is 0.146. The van der Waals surface area contributed by atoms with Crippen LogP contribution in [-0.2, 0) is 17.6 Å². The summed E-state index contributed by atoms with van der Waals surface area (Å²) in [6, 6.07) is 5.46. The van der Waals surface area contributed by atoms with E-state index in [0.717, 1.165) is 39.3 Å². The summed E-state index contributed by atoms with van der Waals surface area (Å²) in [6.45, 7) is 1.86. The van der Waals surface area contributed by atoms with Gasteiger partial charge in [0.2, 0.25) is 5.91 Å². The quantitative estimate of drug-likeness (QED) is 0.407. The third-order valence-electron chi connectivity index (χ3n) is 5.30. The zero-order valence-electron chi connectivity index (χ0n) is 14.7. The van der Waals surface area contributed by atoms with E-state index in [1.807, 2.05) is 19.1 Å². The molecule has 3 aromatic rings. The topological polar surface area (TPSA) is 72.0 Å². The first-order valence-electron chi connectivity index (χ1n) is 8.98. The monoisotopic (exact) mass is 395 g/mol.